The summed E-state index contributed by atoms with van der Waals surface area (Å²) < 4.78 is 13.1. The number of benzene rings is 2. The number of amides is 2. The van der Waals surface area contributed by atoms with Gasteiger partial charge in [-0.3, -0.25) is 14.4 Å². The number of nitrogens with one attached hydrogen (secondary N) is 2. The molecule has 0 saturated heterocycles. The van der Waals surface area contributed by atoms with Gasteiger partial charge in [0.05, 0.1) is 23.4 Å². The Morgan fingerprint density at radius 3 is 2.63 bits per heavy atom. The van der Waals surface area contributed by atoms with Crippen molar-refractivity contribution in [3.05, 3.63) is 59.4 Å². The molecule has 0 bridgehead atoms. The van der Waals surface area contributed by atoms with Crippen LogP contribution in [0.4, 0.5) is 10.1 Å². The SMILES string of the molecule is CC1Sc2ccc(C(=O)NC(CC(=O)O)c3ccc(F)cc3)cc2NC1=O. The average molecular weight is 388 g/mol. The van der Waals surface area contributed by atoms with Crippen LogP contribution in [0.2, 0.25) is 0 Å². The van der Waals surface area contributed by atoms with E-state index in [1.807, 2.05) is 0 Å². The van der Waals surface area contributed by atoms with Crippen molar-refractivity contribution in [3.63, 3.8) is 0 Å². The normalized spacial score (nSPS) is 16.8. The Balaban J connectivity index is 1.81. The van der Waals surface area contributed by atoms with Gasteiger partial charge in [0.2, 0.25) is 5.91 Å². The number of thioether (sulfide) groups is 1. The first kappa shape index (κ1) is 18.9. The van der Waals surface area contributed by atoms with Gasteiger partial charge in [-0.2, -0.15) is 0 Å². The smallest absolute Gasteiger partial charge is 0.305 e. The molecule has 1 aliphatic heterocycles. The second-order valence-electron chi connectivity index (χ2n) is 6.14. The van der Waals surface area contributed by atoms with E-state index in [9.17, 15) is 18.8 Å². The van der Waals surface area contributed by atoms with Crippen LogP contribution in [0.15, 0.2) is 47.4 Å². The van der Waals surface area contributed by atoms with E-state index in [1.54, 1.807) is 25.1 Å². The van der Waals surface area contributed by atoms with E-state index >= 15 is 0 Å². The average Bonchev–Trinajstić information content (AvgIpc) is 2.62. The lowest BCUT2D eigenvalue weighted by molar-refractivity contribution is -0.137. The topological polar surface area (TPSA) is 95.5 Å². The van der Waals surface area contributed by atoms with Crippen LogP contribution in [0.25, 0.3) is 0 Å². The molecular weight excluding hydrogens is 371 g/mol. The first-order chi connectivity index (χ1) is 12.8. The van der Waals surface area contributed by atoms with Gasteiger partial charge in [-0.1, -0.05) is 12.1 Å². The highest BCUT2D eigenvalue weighted by Crippen LogP contribution is 2.36. The molecule has 1 aliphatic rings. The summed E-state index contributed by atoms with van der Waals surface area (Å²) in [7, 11) is 0. The predicted octanol–water partition coefficient (Wildman–Crippen LogP) is 3.20. The lowest BCUT2D eigenvalue weighted by Crippen LogP contribution is -2.31. The summed E-state index contributed by atoms with van der Waals surface area (Å²) in [5.41, 5.74) is 1.33. The summed E-state index contributed by atoms with van der Waals surface area (Å²) in [6, 6.07) is 9.41. The highest BCUT2D eigenvalue weighted by atomic mass is 32.2. The van der Waals surface area contributed by atoms with E-state index < -0.39 is 23.7 Å². The molecule has 1 heterocycles. The maximum absolute atomic E-state index is 13.1. The van der Waals surface area contributed by atoms with E-state index in [4.69, 9.17) is 5.11 Å². The largest absolute Gasteiger partial charge is 0.481 e. The second kappa shape index (κ2) is 7.79. The Morgan fingerprint density at radius 1 is 1.26 bits per heavy atom. The van der Waals surface area contributed by atoms with Crippen LogP contribution in [-0.4, -0.2) is 28.1 Å². The minimum atomic E-state index is -1.09. The zero-order valence-electron chi connectivity index (χ0n) is 14.4. The number of hydrogen-bond acceptors (Lipinski definition) is 4. The van der Waals surface area contributed by atoms with E-state index in [0.717, 1.165) is 4.90 Å². The Morgan fingerprint density at radius 2 is 1.96 bits per heavy atom. The first-order valence-corrected chi connectivity index (χ1v) is 9.11. The Hall–Kier alpha value is -2.87. The van der Waals surface area contributed by atoms with Crippen molar-refractivity contribution in [1.29, 1.82) is 0 Å². The number of rotatable bonds is 5. The van der Waals surface area contributed by atoms with Crippen molar-refractivity contribution in [2.45, 2.75) is 29.5 Å². The molecule has 0 spiro atoms. The van der Waals surface area contributed by atoms with Crippen LogP contribution in [0, 0.1) is 5.82 Å². The molecule has 0 radical (unpaired) electrons. The van der Waals surface area contributed by atoms with E-state index in [1.165, 1.54) is 36.0 Å². The third kappa shape index (κ3) is 4.46. The molecule has 27 heavy (non-hydrogen) atoms. The fraction of sp³-hybridized carbons (Fsp3) is 0.211. The zero-order chi connectivity index (χ0) is 19.6. The number of anilines is 1. The fourth-order valence-corrected chi connectivity index (χ4v) is 3.64. The fourth-order valence-electron chi connectivity index (χ4n) is 2.71. The zero-order valence-corrected chi connectivity index (χ0v) is 15.2. The van der Waals surface area contributed by atoms with Crippen LogP contribution >= 0.6 is 11.8 Å². The van der Waals surface area contributed by atoms with Crippen molar-refractivity contribution in [2.75, 3.05) is 5.32 Å². The van der Waals surface area contributed by atoms with Crippen LogP contribution in [0.1, 0.15) is 35.3 Å². The number of halogens is 1. The molecule has 0 aliphatic carbocycles. The standard InChI is InChI=1S/C19H17FN2O4S/c1-10-18(25)22-15-8-12(4-7-16(15)27-10)19(26)21-14(9-17(23)24)11-2-5-13(20)6-3-11/h2-8,10,14H,9H2,1H3,(H,21,26)(H,22,25)(H,23,24). The number of fused-ring (bicyclic) bond motifs is 1. The molecular formula is C19H17FN2O4S. The number of carboxylic acid groups (broad SMARTS) is 1. The summed E-state index contributed by atoms with van der Waals surface area (Å²) in [4.78, 5) is 36.4. The van der Waals surface area contributed by atoms with Gasteiger partial charge in [0.1, 0.15) is 5.82 Å². The summed E-state index contributed by atoms with van der Waals surface area (Å²) in [6.07, 6.45) is -0.341. The Labute approximate surface area is 159 Å². The van der Waals surface area contributed by atoms with Gasteiger partial charge >= 0.3 is 5.97 Å². The van der Waals surface area contributed by atoms with E-state index in [-0.39, 0.29) is 17.6 Å². The van der Waals surface area contributed by atoms with Crippen LogP contribution in [0.3, 0.4) is 0 Å². The molecule has 0 aromatic heterocycles. The number of hydrogen-bond donors (Lipinski definition) is 3. The maximum atomic E-state index is 13.1. The summed E-state index contributed by atoms with van der Waals surface area (Å²) in [5.74, 6) is -2.16. The van der Waals surface area contributed by atoms with Crippen molar-refractivity contribution in [3.8, 4) is 0 Å². The first-order valence-electron chi connectivity index (χ1n) is 8.23. The van der Waals surface area contributed by atoms with Crippen molar-refractivity contribution < 1.29 is 23.9 Å². The van der Waals surface area contributed by atoms with E-state index in [0.29, 0.717) is 16.8 Å². The number of carbonyl (C=O) groups is 3. The number of aliphatic carboxylic acids is 1. The van der Waals surface area contributed by atoms with Crippen molar-refractivity contribution in [2.24, 2.45) is 0 Å². The highest BCUT2D eigenvalue weighted by Gasteiger charge is 2.25. The maximum Gasteiger partial charge on any atom is 0.305 e. The number of carboxylic acids is 1. The molecule has 3 rings (SSSR count). The third-order valence-electron chi connectivity index (χ3n) is 4.13. The molecule has 6 nitrogen and oxygen atoms in total. The molecule has 140 valence electrons. The van der Waals surface area contributed by atoms with Crippen molar-refractivity contribution in [1.82, 2.24) is 5.32 Å². The summed E-state index contributed by atoms with van der Waals surface area (Å²) in [6.45, 7) is 1.79. The third-order valence-corrected chi connectivity index (χ3v) is 5.31. The molecule has 3 N–H and O–H groups in total. The van der Waals surface area contributed by atoms with Crippen LogP contribution in [0.5, 0.6) is 0 Å². The van der Waals surface area contributed by atoms with Crippen LogP contribution < -0.4 is 10.6 Å². The van der Waals surface area contributed by atoms with Gasteiger partial charge < -0.3 is 15.7 Å². The van der Waals surface area contributed by atoms with E-state index in [2.05, 4.69) is 10.6 Å². The van der Waals surface area contributed by atoms with Gasteiger partial charge in [0.25, 0.3) is 5.91 Å². The monoisotopic (exact) mass is 388 g/mol. The van der Waals surface area contributed by atoms with Gasteiger partial charge in [-0.05, 0) is 42.8 Å². The Bertz CT molecular complexity index is 901. The minimum absolute atomic E-state index is 0.139. The summed E-state index contributed by atoms with van der Waals surface area (Å²) >= 11 is 1.40. The molecule has 2 aromatic carbocycles. The lowest BCUT2D eigenvalue weighted by Gasteiger charge is -2.22. The lowest BCUT2D eigenvalue weighted by atomic mass is 10.0. The Kier molecular flexibility index (Phi) is 5.46. The molecule has 2 atom stereocenters. The second-order valence-corrected chi connectivity index (χ2v) is 7.52. The molecule has 0 fully saturated rings. The molecule has 2 amide bonds. The predicted molar refractivity (Wildman–Crippen MR) is 99.3 cm³/mol. The highest BCUT2D eigenvalue weighted by molar-refractivity contribution is 8.00. The van der Waals surface area contributed by atoms with Gasteiger partial charge in [-0.15, -0.1) is 11.8 Å². The van der Waals surface area contributed by atoms with Crippen LogP contribution in [-0.2, 0) is 9.59 Å². The van der Waals surface area contributed by atoms with Gasteiger partial charge in [0.15, 0.2) is 0 Å². The van der Waals surface area contributed by atoms with Gasteiger partial charge in [0, 0.05) is 10.5 Å². The summed E-state index contributed by atoms with van der Waals surface area (Å²) in [5, 5.41) is 14.3. The molecule has 0 saturated carbocycles. The quantitative estimate of drug-likeness (QED) is 0.731. The number of carbonyl (C=O) groups excluding carboxylic acids is 2. The van der Waals surface area contributed by atoms with Crippen molar-refractivity contribution >= 4 is 35.2 Å². The molecule has 2 unspecified atom stereocenters. The molecule has 2 aromatic rings. The minimum Gasteiger partial charge on any atom is -0.481 e. The van der Waals surface area contributed by atoms with Gasteiger partial charge in [-0.25, -0.2) is 4.39 Å². The molecule has 8 heteroatoms.